The number of fused-ring (bicyclic) bond motifs is 2. The molecule has 2 heterocycles. The van der Waals surface area contributed by atoms with Crippen molar-refractivity contribution >= 4 is 11.8 Å². The fraction of sp³-hybridized carbons (Fsp3) is 0.600. The second-order valence-corrected chi connectivity index (χ2v) is 7.56. The highest BCUT2D eigenvalue weighted by atomic mass is 32.2. The van der Waals surface area contributed by atoms with Crippen molar-refractivity contribution in [3.8, 4) is 0 Å². The van der Waals surface area contributed by atoms with Gasteiger partial charge in [-0.05, 0) is 37.3 Å². The molecule has 3 rings (SSSR count). The van der Waals surface area contributed by atoms with Crippen LogP contribution in [0, 0.1) is 17.5 Å². The van der Waals surface area contributed by atoms with E-state index in [9.17, 15) is 18.3 Å². The molecule has 2 aliphatic rings. The van der Waals surface area contributed by atoms with Crippen molar-refractivity contribution in [2.24, 2.45) is 0 Å². The number of benzene rings is 1. The van der Waals surface area contributed by atoms with Crippen LogP contribution in [-0.2, 0) is 6.42 Å². The van der Waals surface area contributed by atoms with E-state index in [1.807, 2.05) is 11.8 Å². The molecule has 2 atom stereocenters. The lowest BCUT2D eigenvalue weighted by molar-refractivity contribution is 0.0121. The molecule has 110 valence electrons. The number of aliphatic hydroxyl groups is 1. The maximum absolute atomic E-state index is 13.7. The average molecular weight is 302 g/mol. The predicted molar refractivity (Wildman–Crippen MR) is 73.2 cm³/mol. The van der Waals surface area contributed by atoms with Crippen LogP contribution in [0.5, 0.6) is 0 Å². The molecule has 1 N–H and O–H groups in total. The Morgan fingerprint density at radius 2 is 1.75 bits per heavy atom. The number of hydrogen-bond acceptors (Lipinski definition) is 2. The molecule has 2 aliphatic heterocycles. The van der Waals surface area contributed by atoms with E-state index in [2.05, 4.69) is 0 Å². The quantitative estimate of drug-likeness (QED) is 0.838. The molecule has 0 aromatic heterocycles. The van der Waals surface area contributed by atoms with Gasteiger partial charge in [0.15, 0.2) is 17.5 Å². The highest BCUT2D eigenvalue weighted by Crippen LogP contribution is 2.46. The molecular formula is C15H17F3OS. The van der Waals surface area contributed by atoms with Crippen LogP contribution in [0.1, 0.15) is 37.7 Å². The third kappa shape index (κ3) is 2.70. The van der Waals surface area contributed by atoms with Crippen molar-refractivity contribution in [2.75, 3.05) is 0 Å². The van der Waals surface area contributed by atoms with Crippen LogP contribution in [0.3, 0.4) is 0 Å². The summed E-state index contributed by atoms with van der Waals surface area (Å²) in [4.78, 5) is 0. The smallest absolute Gasteiger partial charge is 0.194 e. The van der Waals surface area contributed by atoms with Gasteiger partial charge in [0.1, 0.15) is 0 Å². The van der Waals surface area contributed by atoms with Gasteiger partial charge in [-0.25, -0.2) is 13.2 Å². The summed E-state index contributed by atoms with van der Waals surface area (Å²) in [5, 5.41) is 11.5. The lowest BCUT2D eigenvalue weighted by Crippen LogP contribution is -2.44. The van der Waals surface area contributed by atoms with E-state index in [1.54, 1.807) is 0 Å². The average Bonchev–Trinajstić information content (AvgIpc) is 2.39. The van der Waals surface area contributed by atoms with Crippen LogP contribution < -0.4 is 0 Å². The molecule has 1 nitrogen and oxygen atoms in total. The molecule has 0 radical (unpaired) electrons. The number of rotatable bonds is 2. The minimum atomic E-state index is -1.45. The molecule has 0 spiro atoms. The summed E-state index contributed by atoms with van der Waals surface area (Å²) in [6, 6.07) is 2.17. The first-order valence-electron chi connectivity index (χ1n) is 6.97. The second kappa shape index (κ2) is 5.26. The molecule has 0 saturated carbocycles. The van der Waals surface area contributed by atoms with Crippen molar-refractivity contribution in [3.63, 3.8) is 0 Å². The summed E-state index contributed by atoms with van der Waals surface area (Å²) in [6.07, 6.45) is 4.59. The summed E-state index contributed by atoms with van der Waals surface area (Å²) >= 11 is 1.91. The van der Waals surface area contributed by atoms with Crippen molar-refractivity contribution in [1.82, 2.24) is 0 Å². The van der Waals surface area contributed by atoms with Gasteiger partial charge in [-0.15, -0.1) is 0 Å². The minimum absolute atomic E-state index is 0.0591. The molecule has 2 fully saturated rings. The topological polar surface area (TPSA) is 20.2 Å². The predicted octanol–water partition coefficient (Wildman–Crippen LogP) is 3.83. The first-order valence-corrected chi connectivity index (χ1v) is 7.91. The number of hydrogen-bond donors (Lipinski definition) is 1. The van der Waals surface area contributed by atoms with Gasteiger partial charge in [0.25, 0.3) is 0 Å². The lowest BCUT2D eigenvalue weighted by atomic mass is 9.81. The van der Waals surface area contributed by atoms with E-state index < -0.39 is 23.1 Å². The zero-order valence-corrected chi connectivity index (χ0v) is 11.9. The second-order valence-electron chi connectivity index (χ2n) is 5.95. The van der Waals surface area contributed by atoms with Gasteiger partial charge in [-0.1, -0.05) is 12.5 Å². The van der Waals surface area contributed by atoms with E-state index in [1.165, 1.54) is 12.5 Å². The highest BCUT2D eigenvalue weighted by molar-refractivity contribution is 8.00. The normalized spacial score (nSPS) is 33.2. The van der Waals surface area contributed by atoms with E-state index >= 15 is 0 Å². The molecular weight excluding hydrogens is 285 g/mol. The molecule has 0 amide bonds. The van der Waals surface area contributed by atoms with Gasteiger partial charge in [0, 0.05) is 16.9 Å². The minimum Gasteiger partial charge on any atom is -0.389 e. The molecule has 2 saturated heterocycles. The number of thioether (sulfide) groups is 1. The number of halogens is 3. The molecule has 0 aliphatic carbocycles. The van der Waals surface area contributed by atoms with Crippen molar-refractivity contribution < 1.29 is 18.3 Å². The van der Waals surface area contributed by atoms with Gasteiger partial charge >= 0.3 is 0 Å². The van der Waals surface area contributed by atoms with Crippen molar-refractivity contribution in [2.45, 2.75) is 54.6 Å². The standard InChI is InChI=1S/C15H17F3OS/c16-12-5-4-9(13(17)14(12)18)6-15(19)7-10-2-1-3-11(8-15)20-10/h4-5,10-11,19H,1-3,6-8H2. The van der Waals surface area contributed by atoms with E-state index in [4.69, 9.17) is 0 Å². The Balaban J connectivity index is 1.81. The first-order chi connectivity index (χ1) is 9.47. The fourth-order valence-electron chi connectivity index (χ4n) is 3.41. The Bertz CT molecular complexity index is 508. The zero-order valence-electron chi connectivity index (χ0n) is 11.0. The largest absolute Gasteiger partial charge is 0.389 e. The van der Waals surface area contributed by atoms with Gasteiger partial charge in [-0.3, -0.25) is 0 Å². The highest BCUT2D eigenvalue weighted by Gasteiger charge is 2.41. The van der Waals surface area contributed by atoms with Crippen LogP contribution in [-0.4, -0.2) is 21.2 Å². The maximum atomic E-state index is 13.7. The first kappa shape index (κ1) is 14.3. The molecule has 5 heteroatoms. The fourth-order valence-corrected chi connectivity index (χ4v) is 5.38. The van der Waals surface area contributed by atoms with Gasteiger partial charge in [-0.2, -0.15) is 11.8 Å². The van der Waals surface area contributed by atoms with Crippen molar-refractivity contribution in [1.29, 1.82) is 0 Å². The third-order valence-electron chi connectivity index (χ3n) is 4.29. The summed E-state index contributed by atoms with van der Waals surface area (Å²) in [6.45, 7) is 0. The molecule has 2 bridgehead atoms. The van der Waals surface area contributed by atoms with Crippen LogP contribution >= 0.6 is 11.8 Å². The van der Waals surface area contributed by atoms with Crippen LogP contribution in [0.25, 0.3) is 0 Å². The SMILES string of the molecule is OC1(Cc2ccc(F)c(F)c2F)CC2CCCC(C1)S2. The Morgan fingerprint density at radius 3 is 2.40 bits per heavy atom. The Kier molecular flexibility index (Phi) is 3.75. The van der Waals surface area contributed by atoms with Gasteiger partial charge in [0.05, 0.1) is 5.60 Å². The van der Waals surface area contributed by atoms with Crippen molar-refractivity contribution in [3.05, 3.63) is 35.1 Å². The lowest BCUT2D eigenvalue weighted by Gasteiger charge is -2.44. The monoisotopic (exact) mass is 302 g/mol. The van der Waals surface area contributed by atoms with E-state index in [0.717, 1.165) is 18.9 Å². The van der Waals surface area contributed by atoms with E-state index in [0.29, 0.717) is 23.3 Å². The summed E-state index contributed by atoms with van der Waals surface area (Å²) < 4.78 is 40.0. The molecule has 2 unspecified atom stereocenters. The third-order valence-corrected chi connectivity index (χ3v) is 5.86. The van der Waals surface area contributed by atoms with Gasteiger partial charge in [0.2, 0.25) is 0 Å². The van der Waals surface area contributed by atoms with Gasteiger partial charge < -0.3 is 5.11 Å². The maximum Gasteiger partial charge on any atom is 0.194 e. The Labute approximate surface area is 120 Å². The van der Waals surface area contributed by atoms with Crippen LogP contribution in [0.4, 0.5) is 13.2 Å². The van der Waals surface area contributed by atoms with Crippen LogP contribution in [0.15, 0.2) is 12.1 Å². The Morgan fingerprint density at radius 1 is 1.10 bits per heavy atom. The molecule has 1 aromatic rings. The molecule has 20 heavy (non-hydrogen) atoms. The summed E-state index contributed by atoms with van der Waals surface area (Å²) in [7, 11) is 0. The molecule has 1 aromatic carbocycles. The zero-order chi connectivity index (χ0) is 14.3. The van der Waals surface area contributed by atoms with E-state index in [-0.39, 0.29) is 12.0 Å². The van der Waals surface area contributed by atoms with Crippen LogP contribution in [0.2, 0.25) is 0 Å². The Hall–Kier alpha value is -0.680. The summed E-state index contributed by atoms with van der Waals surface area (Å²) in [5.41, 5.74) is -0.928. The summed E-state index contributed by atoms with van der Waals surface area (Å²) in [5.74, 6) is -3.80.